The summed E-state index contributed by atoms with van der Waals surface area (Å²) in [6.45, 7) is 4.43. The standard InChI is InChI=1S/C14H17N5OS/c1-9-7-12(21-11(9)5-4-6-15)14(20)19(3)8-13-16-10(2)17-18-13/h7H,6,8,15H2,1-3H3,(H,16,17,18). The quantitative estimate of drug-likeness (QED) is 0.830. The molecule has 0 aliphatic carbocycles. The first-order chi connectivity index (χ1) is 10.0. The third-order valence-electron chi connectivity index (χ3n) is 2.80. The summed E-state index contributed by atoms with van der Waals surface area (Å²) in [6, 6.07) is 1.85. The van der Waals surface area contributed by atoms with Gasteiger partial charge in [-0.1, -0.05) is 11.8 Å². The number of carbonyl (C=O) groups excluding carboxylic acids is 1. The van der Waals surface area contributed by atoms with Crippen molar-refractivity contribution in [2.45, 2.75) is 20.4 Å². The monoisotopic (exact) mass is 303 g/mol. The summed E-state index contributed by atoms with van der Waals surface area (Å²) >= 11 is 1.38. The Morgan fingerprint density at radius 1 is 1.52 bits per heavy atom. The van der Waals surface area contributed by atoms with Crippen molar-refractivity contribution < 1.29 is 4.79 Å². The molecule has 0 atom stereocenters. The van der Waals surface area contributed by atoms with Crippen molar-refractivity contribution in [2.24, 2.45) is 5.73 Å². The maximum absolute atomic E-state index is 12.4. The van der Waals surface area contributed by atoms with Gasteiger partial charge in [-0.25, -0.2) is 4.98 Å². The normalized spacial score (nSPS) is 10.1. The van der Waals surface area contributed by atoms with Crippen LogP contribution >= 0.6 is 11.3 Å². The number of carbonyl (C=O) groups is 1. The number of aromatic nitrogens is 3. The molecule has 110 valence electrons. The number of hydrogen-bond donors (Lipinski definition) is 2. The van der Waals surface area contributed by atoms with Crippen LogP contribution in [0, 0.1) is 25.7 Å². The number of rotatable bonds is 3. The fourth-order valence-electron chi connectivity index (χ4n) is 1.77. The van der Waals surface area contributed by atoms with Crippen molar-refractivity contribution in [3.05, 3.63) is 33.0 Å². The van der Waals surface area contributed by atoms with Crippen molar-refractivity contribution in [3.63, 3.8) is 0 Å². The van der Waals surface area contributed by atoms with Gasteiger partial charge in [-0.3, -0.25) is 9.89 Å². The van der Waals surface area contributed by atoms with Crippen LogP contribution in [0.4, 0.5) is 0 Å². The lowest BCUT2D eigenvalue weighted by Gasteiger charge is -2.13. The summed E-state index contributed by atoms with van der Waals surface area (Å²) < 4.78 is 0. The predicted molar refractivity (Wildman–Crippen MR) is 81.9 cm³/mol. The minimum Gasteiger partial charge on any atom is -0.333 e. The van der Waals surface area contributed by atoms with Crippen molar-refractivity contribution in [1.29, 1.82) is 0 Å². The minimum absolute atomic E-state index is 0.0636. The van der Waals surface area contributed by atoms with Gasteiger partial charge in [0, 0.05) is 7.05 Å². The van der Waals surface area contributed by atoms with Gasteiger partial charge in [-0.2, -0.15) is 5.10 Å². The lowest BCUT2D eigenvalue weighted by Crippen LogP contribution is -2.26. The Hall–Kier alpha value is -2.17. The number of H-pyrrole nitrogens is 1. The fourth-order valence-corrected chi connectivity index (χ4v) is 2.82. The van der Waals surface area contributed by atoms with Crippen molar-refractivity contribution >= 4 is 17.2 Å². The van der Waals surface area contributed by atoms with E-state index in [9.17, 15) is 4.79 Å². The van der Waals surface area contributed by atoms with Gasteiger partial charge in [0.15, 0.2) is 5.82 Å². The summed E-state index contributed by atoms with van der Waals surface area (Å²) in [4.78, 5) is 19.7. The van der Waals surface area contributed by atoms with Gasteiger partial charge >= 0.3 is 0 Å². The number of hydrogen-bond acceptors (Lipinski definition) is 5. The highest BCUT2D eigenvalue weighted by atomic mass is 32.1. The largest absolute Gasteiger partial charge is 0.333 e. The van der Waals surface area contributed by atoms with E-state index in [2.05, 4.69) is 27.0 Å². The summed E-state index contributed by atoms with van der Waals surface area (Å²) in [7, 11) is 1.73. The van der Waals surface area contributed by atoms with Gasteiger partial charge in [0.05, 0.1) is 22.8 Å². The number of nitrogens with two attached hydrogens (primary N) is 1. The highest BCUT2D eigenvalue weighted by Gasteiger charge is 2.17. The smallest absolute Gasteiger partial charge is 0.264 e. The molecule has 2 aromatic heterocycles. The van der Waals surface area contributed by atoms with Crippen LogP contribution in [0.15, 0.2) is 6.07 Å². The molecular formula is C14H17N5OS. The molecule has 2 heterocycles. The summed E-state index contributed by atoms with van der Waals surface area (Å²) in [5, 5.41) is 6.79. The van der Waals surface area contributed by atoms with Crippen LogP contribution < -0.4 is 5.73 Å². The molecule has 2 aromatic rings. The SMILES string of the molecule is Cc1nc(CN(C)C(=O)c2cc(C)c(C#CCN)s2)n[nH]1. The van der Waals surface area contributed by atoms with E-state index < -0.39 is 0 Å². The van der Waals surface area contributed by atoms with E-state index in [0.29, 0.717) is 23.8 Å². The molecule has 0 saturated carbocycles. The highest BCUT2D eigenvalue weighted by molar-refractivity contribution is 7.14. The topological polar surface area (TPSA) is 87.9 Å². The van der Waals surface area contributed by atoms with E-state index in [-0.39, 0.29) is 5.91 Å². The molecule has 0 aliphatic rings. The molecule has 6 nitrogen and oxygen atoms in total. The molecule has 0 unspecified atom stereocenters. The van der Waals surface area contributed by atoms with E-state index in [4.69, 9.17) is 5.73 Å². The van der Waals surface area contributed by atoms with Crippen LogP contribution in [0.5, 0.6) is 0 Å². The Bertz CT molecular complexity index is 707. The number of aryl methyl sites for hydroxylation is 2. The van der Waals surface area contributed by atoms with Crippen LogP contribution in [0.25, 0.3) is 0 Å². The van der Waals surface area contributed by atoms with Crippen LogP contribution in [-0.4, -0.2) is 39.6 Å². The van der Waals surface area contributed by atoms with Crippen LogP contribution in [0.1, 0.15) is 31.8 Å². The Morgan fingerprint density at radius 3 is 2.90 bits per heavy atom. The first kappa shape index (κ1) is 15.2. The number of amides is 1. The molecule has 0 aliphatic heterocycles. The third kappa shape index (κ3) is 3.68. The van der Waals surface area contributed by atoms with Gasteiger partial charge < -0.3 is 10.6 Å². The van der Waals surface area contributed by atoms with E-state index in [1.807, 2.05) is 19.9 Å². The van der Waals surface area contributed by atoms with Gasteiger partial charge in [0.1, 0.15) is 5.82 Å². The molecule has 0 saturated heterocycles. The van der Waals surface area contributed by atoms with Crippen molar-refractivity contribution in [1.82, 2.24) is 20.1 Å². The Balaban J connectivity index is 2.12. The van der Waals surface area contributed by atoms with Gasteiger partial charge in [0.2, 0.25) is 0 Å². The zero-order valence-electron chi connectivity index (χ0n) is 12.2. The number of aromatic amines is 1. The summed E-state index contributed by atoms with van der Waals surface area (Å²) in [6.07, 6.45) is 0. The molecule has 0 spiro atoms. The Kier molecular flexibility index (Phi) is 4.73. The second-order valence-corrected chi connectivity index (χ2v) is 5.68. The van der Waals surface area contributed by atoms with E-state index >= 15 is 0 Å². The van der Waals surface area contributed by atoms with Gasteiger partial charge in [-0.05, 0) is 25.5 Å². The highest BCUT2D eigenvalue weighted by Crippen LogP contribution is 2.22. The Labute approximate surface area is 127 Å². The molecule has 0 radical (unpaired) electrons. The zero-order valence-corrected chi connectivity index (χ0v) is 13.0. The van der Waals surface area contributed by atoms with Crippen LogP contribution in [0.3, 0.4) is 0 Å². The number of thiophene rings is 1. The number of nitrogens with zero attached hydrogens (tertiary/aromatic N) is 3. The zero-order chi connectivity index (χ0) is 15.4. The average molecular weight is 303 g/mol. The van der Waals surface area contributed by atoms with Gasteiger partial charge in [0.25, 0.3) is 5.91 Å². The van der Waals surface area contributed by atoms with E-state index in [0.717, 1.165) is 16.3 Å². The maximum Gasteiger partial charge on any atom is 0.264 e. The minimum atomic E-state index is -0.0636. The van der Waals surface area contributed by atoms with Crippen LogP contribution in [0.2, 0.25) is 0 Å². The van der Waals surface area contributed by atoms with Crippen molar-refractivity contribution in [2.75, 3.05) is 13.6 Å². The van der Waals surface area contributed by atoms with Crippen LogP contribution in [-0.2, 0) is 6.54 Å². The molecule has 21 heavy (non-hydrogen) atoms. The molecule has 2 rings (SSSR count). The molecule has 7 heteroatoms. The first-order valence-electron chi connectivity index (χ1n) is 6.44. The van der Waals surface area contributed by atoms with E-state index in [1.54, 1.807) is 11.9 Å². The lowest BCUT2D eigenvalue weighted by molar-refractivity contribution is 0.0786. The van der Waals surface area contributed by atoms with Crippen molar-refractivity contribution in [3.8, 4) is 11.8 Å². The molecule has 1 amide bonds. The summed E-state index contributed by atoms with van der Waals surface area (Å²) in [5.74, 6) is 7.06. The molecule has 3 N–H and O–H groups in total. The second kappa shape index (κ2) is 6.52. The maximum atomic E-state index is 12.4. The molecular weight excluding hydrogens is 286 g/mol. The Morgan fingerprint density at radius 2 is 2.29 bits per heavy atom. The molecule has 0 aromatic carbocycles. The number of nitrogens with one attached hydrogen (secondary N) is 1. The predicted octanol–water partition coefficient (Wildman–Crippen LogP) is 1.07. The molecule has 0 fully saturated rings. The molecule has 0 bridgehead atoms. The summed E-state index contributed by atoms with van der Waals surface area (Å²) in [5.41, 5.74) is 6.36. The third-order valence-corrected chi connectivity index (χ3v) is 3.94. The lowest BCUT2D eigenvalue weighted by atomic mass is 10.2. The second-order valence-electron chi connectivity index (χ2n) is 4.63. The van der Waals surface area contributed by atoms with Gasteiger partial charge in [-0.15, -0.1) is 11.3 Å². The fraction of sp³-hybridized carbons (Fsp3) is 0.357. The first-order valence-corrected chi connectivity index (χ1v) is 7.25. The average Bonchev–Trinajstić information content (AvgIpc) is 3.02. The van der Waals surface area contributed by atoms with E-state index in [1.165, 1.54) is 11.3 Å².